The second-order valence-electron chi connectivity index (χ2n) is 5.79. The molecule has 1 heterocycles. The van der Waals surface area contributed by atoms with Crippen molar-refractivity contribution in [3.05, 3.63) is 41.4 Å². The van der Waals surface area contributed by atoms with E-state index in [-0.39, 0.29) is 31.4 Å². The number of methoxy groups -OCH3 is 1. The molecule has 0 amide bonds. The zero-order chi connectivity index (χ0) is 17.6. The average Bonchev–Trinajstić information content (AvgIpc) is 2.63. The number of nitrogens with zero attached hydrogens (tertiary/aromatic N) is 1. The third-order valence-electron chi connectivity index (χ3n) is 4.06. The Morgan fingerprint density at radius 2 is 1.81 bits per heavy atom. The fraction of sp³-hybridized carbons (Fsp3) is 0.316. The molecular formula is C19H24Cl3N3O2. The Morgan fingerprint density at radius 1 is 1.00 bits per heavy atom. The van der Waals surface area contributed by atoms with E-state index in [2.05, 4.69) is 10.6 Å². The number of halogens is 3. The van der Waals surface area contributed by atoms with Gasteiger partial charge in [-0.3, -0.25) is 0 Å². The van der Waals surface area contributed by atoms with Crippen molar-refractivity contribution in [2.75, 3.05) is 38.7 Å². The van der Waals surface area contributed by atoms with E-state index in [0.717, 1.165) is 52.8 Å². The minimum atomic E-state index is 0. The lowest BCUT2D eigenvalue weighted by molar-refractivity contribution is 0.292. The van der Waals surface area contributed by atoms with Crippen LogP contribution in [0.1, 0.15) is 6.42 Å². The largest absolute Gasteiger partial charge is 0.497 e. The molecule has 0 atom stereocenters. The number of rotatable bonds is 8. The fourth-order valence-corrected chi connectivity index (χ4v) is 3.01. The van der Waals surface area contributed by atoms with Crippen LogP contribution in [0, 0.1) is 0 Å². The zero-order valence-electron chi connectivity index (χ0n) is 15.0. The van der Waals surface area contributed by atoms with Crippen LogP contribution in [0.25, 0.3) is 21.8 Å². The number of pyridine rings is 1. The van der Waals surface area contributed by atoms with Crippen LogP contribution >= 0.6 is 36.4 Å². The Morgan fingerprint density at radius 3 is 2.56 bits per heavy atom. The smallest absolute Gasteiger partial charge is 0.119 e. The van der Waals surface area contributed by atoms with E-state index in [1.165, 1.54) is 0 Å². The molecule has 27 heavy (non-hydrogen) atoms. The summed E-state index contributed by atoms with van der Waals surface area (Å²) in [5.41, 5.74) is 2.81. The minimum absolute atomic E-state index is 0. The van der Waals surface area contributed by atoms with Gasteiger partial charge in [-0.1, -0.05) is 11.6 Å². The standard InChI is InChI=1S/C19H22ClN3O2.2ClH/c1-25-14-4-6-17-16(12-14)19(22-8-2-7-21-9-10-24)15-5-3-13(20)11-18(15)23-17;;/h3-6,11-12,21,24H,2,7-10H2,1H3,(H,22,23);2*1H. The lowest BCUT2D eigenvalue weighted by atomic mass is 10.1. The second-order valence-corrected chi connectivity index (χ2v) is 6.22. The van der Waals surface area contributed by atoms with Crippen molar-refractivity contribution in [2.24, 2.45) is 0 Å². The summed E-state index contributed by atoms with van der Waals surface area (Å²) in [6, 6.07) is 11.6. The summed E-state index contributed by atoms with van der Waals surface area (Å²) < 4.78 is 5.37. The van der Waals surface area contributed by atoms with E-state index in [0.29, 0.717) is 11.6 Å². The normalized spacial score (nSPS) is 10.3. The van der Waals surface area contributed by atoms with Gasteiger partial charge in [-0.25, -0.2) is 4.98 Å². The maximum Gasteiger partial charge on any atom is 0.119 e. The summed E-state index contributed by atoms with van der Waals surface area (Å²) in [5, 5.41) is 18.3. The van der Waals surface area contributed by atoms with Crippen LogP contribution in [0.2, 0.25) is 5.02 Å². The predicted octanol–water partition coefficient (Wildman–Crippen LogP) is 4.28. The highest BCUT2D eigenvalue weighted by Crippen LogP contribution is 2.34. The molecule has 3 rings (SSSR count). The van der Waals surface area contributed by atoms with E-state index in [9.17, 15) is 0 Å². The van der Waals surface area contributed by atoms with Crippen molar-refractivity contribution in [2.45, 2.75) is 6.42 Å². The highest BCUT2D eigenvalue weighted by atomic mass is 35.5. The molecule has 0 spiro atoms. The third-order valence-corrected chi connectivity index (χ3v) is 4.30. The number of aliphatic hydroxyl groups is 1. The molecule has 0 bridgehead atoms. The molecule has 0 saturated heterocycles. The number of ether oxygens (including phenoxy) is 1. The SMILES string of the molecule is COc1ccc2nc3cc(Cl)ccc3c(NCCCNCCO)c2c1.Cl.Cl. The summed E-state index contributed by atoms with van der Waals surface area (Å²) in [7, 11) is 1.66. The predicted molar refractivity (Wildman–Crippen MR) is 118 cm³/mol. The summed E-state index contributed by atoms with van der Waals surface area (Å²) in [4.78, 5) is 4.72. The van der Waals surface area contributed by atoms with Crippen molar-refractivity contribution in [3.63, 3.8) is 0 Å². The van der Waals surface area contributed by atoms with Gasteiger partial charge in [-0.2, -0.15) is 0 Å². The molecule has 0 aliphatic rings. The molecule has 5 nitrogen and oxygen atoms in total. The van der Waals surface area contributed by atoms with Crippen molar-refractivity contribution in [3.8, 4) is 5.75 Å². The molecule has 3 N–H and O–H groups in total. The van der Waals surface area contributed by atoms with Crippen LogP contribution < -0.4 is 15.4 Å². The molecule has 8 heteroatoms. The van der Waals surface area contributed by atoms with Crippen molar-refractivity contribution in [1.82, 2.24) is 10.3 Å². The van der Waals surface area contributed by atoms with Gasteiger partial charge < -0.3 is 20.5 Å². The van der Waals surface area contributed by atoms with Gasteiger partial charge in [0.2, 0.25) is 0 Å². The topological polar surface area (TPSA) is 66.4 Å². The molecule has 0 fully saturated rings. The quantitative estimate of drug-likeness (QED) is 0.366. The van der Waals surface area contributed by atoms with Crippen molar-refractivity contribution < 1.29 is 9.84 Å². The number of hydrogen-bond acceptors (Lipinski definition) is 5. The number of hydrogen-bond donors (Lipinski definition) is 3. The van der Waals surface area contributed by atoms with Crippen molar-refractivity contribution >= 4 is 63.9 Å². The highest BCUT2D eigenvalue weighted by molar-refractivity contribution is 6.31. The van der Waals surface area contributed by atoms with Crippen LogP contribution in [-0.2, 0) is 0 Å². The van der Waals surface area contributed by atoms with E-state index >= 15 is 0 Å². The number of anilines is 1. The molecule has 1 aromatic heterocycles. The third kappa shape index (κ3) is 5.74. The molecule has 148 valence electrons. The van der Waals surface area contributed by atoms with E-state index < -0.39 is 0 Å². The van der Waals surface area contributed by atoms with Crippen LogP contribution in [0.4, 0.5) is 5.69 Å². The van der Waals surface area contributed by atoms with Crippen LogP contribution in [-0.4, -0.2) is 43.4 Å². The highest BCUT2D eigenvalue weighted by Gasteiger charge is 2.10. The van der Waals surface area contributed by atoms with Gasteiger partial charge in [-0.05, 0) is 49.4 Å². The van der Waals surface area contributed by atoms with Crippen LogP contribution in [0.3, 0.4) is 0 Å². The van der Waals surface area contributed by atoms with E-state index in [4.69, 9.17) is 26.4 Å². The van der Waals surface area contributed by atoms with Gasteiger partial charge in [0.05, 0.1) is 30.4 Å². The maximum absolute atomic E-state index is 8.80. The molecule has 0 radical (unpaired) electrons. The Balaban J connectivity index is 0.00000182. The fourth-order valence-electron chi connectivity index (χ4n) is 2.84. The summed E-state index contributed by atoms with van der Waals surface area (Å²) in [6.07, 6.45) is 0.947. The average molecular weight is 433 g/mol. The first-order valence-corrected chi connectivity index (χ1v) is 8.73. The number of nitrogens with one attached hydrogen (secondary N) is 2. The minimum Gasteiger partial charge on any atom is -0.497 e. The lowest BCUT2D eigenvalue weighted by Gasteiger charge is -2.14. The Labute approximate surface area is 176 Å². The molecule has 0 saturated carbocycles. The first-order chi connectivity index (χ1) is 12.2. The van der Waals surface area contributed by atoms with Gasteiger partial charge in [0, 0.05) is 28.9 Å². The van der Waals surface area contributed by atoms with E-state index in [1.807, 2.05) is 36.4 Å². The lowest BCUT2D eigenvalue weighted by Crippen LogP contribution is -2.21. The van der Waals surface area contributed by atoms with Gasteiger partial charge in [-0.15, -0.1) is 24.8 Å². The first kappa shape index (κ1) is 23.5. The first-order valence-electron chi connectivity index (χ1n) is 8.35. The summed E-state index contributed by atoms with van der Waals surface area (Å²) in [5.74, 6) is 0.801. The Bertz CT molecular complexity index is 878. The molecule has 2 aromatic carbocycles. The summed E-state index contributed by atoms with van der Waals surface area (Å²) >= 11 is 6.14. The molecule has 0 unspecified atom stereocenters. The molecule has 0 aliphatic carbocycles. The zero-order valence-corrected chi connectivity index (χ0v) is 17.4. The molecule has 0 aliphatic heterocycles. The van der Waals surface area contributed by atoms with Crippen LogP contribution in [0.15, 0.2) is 36.4 Å². The van der Waals surface area contributed by atoms with Gasteiger partial charge in [0.25, 0.3) is 0 Å². The van der Waals surface area contributed by atoms with Gasteiger partial charge >= 0.3 is 0 Å². The summed E-state index contributed by atoms with van der Waals surface area (Å²) in [6.45, 7) is 2.45. The Kier molecular flexibility index (Phi) is 9.91. The number of aliphatic hydroxyl groups excluding tert-OH is 1. The molecule has 3 aromatic rings. The maximum atomic E-state index is 8.80. The van der Waals surface area contributed by atoms with Crippen molar-refractivity contribution in [1.29, 1.82) is 0 Å². The van der Waals surface area contributed by atoms with Crippen LogP contribution in [0.5, 0.6) is 5.75 Å². The number of benzene rings is 2. The number of aromatic nitrogens is 1. The monoisotopic (exact) mass is 431 g/mol. The van der Waals surface area contributed by atoms with Gasteiger partial charge in [0.15, 0.2) is 0 Å². The van der Waals surface area contributed by atoms with Gasteiger partial charge in [0.1, 0.15) is 5.75 Å². The number of fused-ring (bicyclic) bond motifs is 2. The molecular weight excluding hydrogens is 409 g/mol. The second kappa shape index (κ2) is 11.4. The Hall–Kier alpha value is -1.50. The van der Waals surface area contributed by atoms with E-state index in [1.54, 1.807) is 7.11 Å².